The molecule has 0 radical (unpaired) electrons. The van der Waals surface area contributed by atoms with E-state index < -0.39 is 27.9 Å². The van der Waals surface area contributed by atoms with E-state index >= 15 is 0 Å². The molecule has 1 aliphatic rings. The van der Waals surface area contributed by atoms with Gasteiger partial charge in [0.1, 0.15) is 11.6 Å². The smallest absolute Gasteiger partial charge is 0.216 e. The minimum Gasteiger partial charge on any atom is -0.216 e. The van der Waals surface area contributed by atoms with Gasteiger partial charge in [0.25, 0.3) is 10.2 Å². The van der Waals surface area contributed by atoms with Crippen molar-refractivity contribution >= 4 is 26.1 Å². The van der Waals surface area contributed by atoms with Crippen molar-refractivity contribution in [3.63, 3.8) is 0 Å². The normalized spacial score (nSPS) is 21.4. The van der Waals surface area contributed by atoms with Crippen LogP contribution in [0.15, 0.2) is 16.6 Å². The average molecular weight is 341 g/mol. The van der Waals surface area contributed by atoms with Gasteiger partial charge in [0.15, 0.2) is 0 Å². The van der Waals surface area contributed by atoms with Crippen LogP contribution in [0.5, 0.6) is 0 Å². The summed E-state index contributed by atoms with van der Waals surface area (Å²) in [5.74, 6) is -1.28. The molecule has 0 saturated carbocycles. The summed E-state index contributed by atoms with van der Waals surface area (Å²) in [7, 11) is -3.91. The third-order valence-corrected chi connectivity index (χ3v) is 4.58. The Balaban J connectivity index is 2.49. The van der Waals surface area contributed by atoms with E-state index in [1.165, 1.54) is 0 Å². The number of nitrogens with zero attached hydrogens (tertiary/aromatic N) is 1. The van der Waals surface area contributed by atoms with Gasteiger partial charge >= 0.3 is 0 Å². The zero-order valence-electron chi connectivity index (χ0n) is 9.24. The highest BCUT2D eigenvalue weighted by molar-refractivity contribution is 9.10. The molecule has 1 heterocycles. The molecule has 2 N–H and O–H groups in total. The molecule has 8 heteroatoms. The van der Waals surface area contributed by atoms with Crippen LogP contribution in [0.4, 0.5) is 8.78 Å². The summed E-state index contributed by atoms with van der Waals surface area (Å²) < 4.78 is 50.9. The lowest BCUT2D eigenvalue weighted by Crippen LogP contribution is -2.36. The van der Waals surface area contributed by atoms with Crippen LogP contribution in [0.25, 0.3) is 0 Å². The molecule has 0 bridgehead atoms. The van der Waals surface area contributed by atoms with Crippen molar-refractivity contribution in [3.8, 4) is 0 Å². The lowest BCUT2D eigenvalue weighted by Gasteiger charge is -2.22. The molecule has 1 aromatic rings. The van der Waals surface area contributed by atoms with Gasteiger partial charge in [-0.05, 0) is 40.9 Å². The lowest BCUT2D eigenvalue weighted by atomic mass is 10.0. The van der Waals surface area contributed by atoms with Gasteiger partial charge < -0.3 is 0 Å². The first-order chi connectivity index (χ1) is 8.30. The monoisotopic (exact) mass is 340 g/mol. The molecule has 1 aromatic carbocycles. The van der Waals surface area contributed by atoms with Crippen LogP contribution in [0.2, 0.25) is 0 Å². The second-order valence-electron chi connectivity index (χ2n) is 4.10. The minimum atomic E-state index is -3.91. The van der Waals surface area contributed by atoms with E-state index in [1.54, 1.807) is 0 Å². The van der Waals surface area contributed by atoms with E-state index in [4.69, 9.17) is 5.14 Å². The van der Waals surface area contributed by atoms with Crippen molar-refractivity contribution in [2.75, 3.05) is 6.54 Å². The van der Waals surface area contributed by atoms with Gasteiger partial charge in [0, 0.05) is 12.1 Å². The first-order valence-corrected chi connectivity index (χ1v) is 7.54. The first kappa shape index (κ1) is 13.9. The van der Waals surface area contributed by atoms with Crippen LogP contribution < -0.4 is 5.14 Å². The summed E-state index contributed by atoms with van der Waals surface area (Å²) in [6.45, 7) is 0.219. The highest BCUT2D eigenvalue weighted by Crippen LogP contribution is 2.36. The van der Waals surface area contributed by atoms with Gasteiger partial charge in [-0.15, -0.1) is 0 Å². The lowest BCUT2D eigenvalue weighted by molar-refractivity contribution is 0.384. The van der Waals surface area contributed by atoms with Crippen molar-refractivity contribution in [2.45, 2.75) is 18.9 Å². The predicted octanol–water partition coefficient (Wildman–Crippen LogP) is 2.07. The van der Waals surface area contributed by atoms with Crippen LogP contribution in [0, 0.1) is 11.6 Å². The van der Waals surface area contributed by atoms with Crippen LogP contribution in [-0.2, 0) is 10.2 Å². The number of rotatable bonds is 2. The largest absolute Gasteiger partial charge is 0.277 e. The van der Waals surface area contributed by atoms with Gasteiger partial charge in [-0.25, -0.2) is 13.9 Å². The summed E-state index contributed by atoms with van der Waals surface area (Å²) in [6, 6.07) is 1.26. The molecule has 1 atom stereocenters. The Morgan fingerprint density at radius 2 is 2.06 bits per heavy atom. The number of nitrogens with two attached hydrogens (primary N) is 1. The summed E-state index contributed by atoms with van der Waals surface area (Å²) in [6.07, 6.45) is 0.984. The zero-order valence-corrected chi connectivity index (χ0v) is 11.6. The van der Waals surface area contributed by atoms with E-state index in [0.717, 1.165) is 16.4 Å². The summed E-state index contributed by atoms with van der Waals surface area (Å²) in [5, 5.41) is 5.06. The maximum Gasteiger partial charge on any atom is 0.277 e. The second-order valence-corrected chi connectivity index (χ2v) is 6.46. The van der Waals surface area contributed by atoms with Crippen LogP contribution in [0.3, 0.4) is 0 Å². The van der Waals surface area contributed by atoms with E-state index in [1.807, 2.05) is 0 Å². The molecular formula is C10H11BrF2N2O2S. The summed E-state index contributed by atoms with van der Waals surface area (Å²) in [4.78, 5) is 0. The minimum absolute atomic E-state index is 0.00778. The van der Waals surface area contributed by atoms with Crippen molar-refractivity contribution in [1.29, 1.82) is 0 Å². The third-order valence-electron chi connectivity index (χ3n) is 2.91. The van der Waals surface area contributed by atoms with Gasteiger partial charge in [-0.2, -0.15) is 12.7 Å². The van der Waals surface area contributed by atoms with E-state index in [2.05, 4.69) is 15.9 Å². The van der Waals surface area contributed by atoms with Crippen LogP contribution in [0.1, 0.15) is 24.4 Å². The van der Waals surface area contributed by atoms with Crippen molar-refractivity contribution < 1.29 is 17.2 Å². The van der Waals surface area contributed by atoms with Crippen molar-refractivity contribution in [2.24, 2.45) is 5.14 Å². The van der Waals surface area contributed by atoms with Crippen LogP contribution >= 0.6 is 15.9 Å². The summed E-state index contributed by atoms with van der Waals surface area (Å²) >= 11 is 2.90. The molecule has 4 nitrogen and oxygen atoms in total. The quantitative estimate of drug-likeness (QED) is 0.837. The highest BCUT2D eigenvalue weighted by Gasteiger charge is 2.35. The summed E-state index contributed by atoms with van der Waals surface area (Å²) in [5.41, 5.74) is 0.00778. The molecule has 18 heavy (non-hydrogen) atoms. The number of hydrogen-bond donors (Lipinski definition) is 1. The fourth-order valence-electron chi connectivity index (χ4n) is 2.17. The number of halogens is 3. The Hall–Kier alpha value is -0.570. The van der Waals surface area contributed by atoms with E-state index in [9.17, 15) is 17.2 Å². The molecule has 0 spiro atoms. The molecule has 0 aliphatic carbocycles. The molecule has 1 unspecified atom stereocenters. The Bertz CT molecular complexity index is 579. The molecule has 1 saturated heterocycles. The number of hydrogen-bond acceptors (Lipinski definition) is 2. The average Bonchev–Trinajstić information content (AvgIpc) is 2.71. The molecule has 1 fully saturated rings. The van der Waals surface area contributed by atoms with Gasteiger partial charge in [0.2, 0.25) is 0 Å². The molecule has 2 rings (SSSR count). The van der Waals surface area contributed by atoms with E-state index in [0.29, 0.717) is 12.8 Å². The molecular weight excluding hydrogens is 330 g/mol. The van der Waals surface area contributed by atoms with Gasteiger partial charge in [-0.3, -0.25) is 0 Å². The fraction of sp³-hybridized carbons (Fsp3) is 0.400. The van der Waals surface area contributed by atoms with Gasteiger partial charge in [-0.1, -0.05) is 0 Å². The maximum absolute atomic E-state index is 13.9. The first-order valence-electron chi connectivity index (χ1n) is 5.24. The Morgan fingerprint density at radius 1 is 1.39 bits per heavy atom. The molecule has 0 amide bonds. The SMILES string of the molecule is NS(=O)(=O)N1CCCC1c1cc(F)cc(Br)c1F. The molecule has 100 valence electrons. The van der Waals surface area contributed by atoms with Crippen molar-refractivity contribution in [1.82, 2.24) is 4.31 Å². The maximum atomic E-state index is 13.9. The zero-order chi connectivity index (χ0) is 13.5. The highest BCUT2D eigenvalue weighted by atomic mass is 79.9. The van der Waals surface area contributed by atoms with Crippen molar-refractivity contribution in [3.05, 3.63) is 33.8 Å². The fourth-order valence-corrected chi connectivity index (χ4v) is 3.58. The van der Waals surface area contributed by atoms with Gasteiger partial charge in [0.05, 0.1) is 10.5 Å². The predicted molar refractivity (Wildman–Crippen MR) is 65.8 cm³/mol. The Kier molecular flexibility index (Phi) is 3.72. The molecule has 1 aliphatic heterocycles. The second kappa shape index (κ2) is 4.84. The molecule has 0 aromatic heterocycles. The number of benzene rings is 1. The third kappa shape index (κ3) is 2.56. The topological polar surface area (TPSA) is 63.4 Å². The van der Waals surface area contributed by atoms with Crippen LogP contribution in [-0.4, -0.2) is 19.3 Å². The Labute approximate surface area is 112 Å². The van der Waals surface area contributed by atoms with E-state index in [-0.39, 0.29) is 16.6 Å². The standard InChI is InChI=1S/C10H11BrF2N2O2S/c11-8-5-6(12)4-7(10(8)13)9-2-1-3-15(9)18(14,16)17/h4-5,9H,1-3H2,(H2,14,16,17). The Morgan fingerprint density at radius 3 is 2.67 bits per heavy atom.